The van der Waals surface area contributed by atoms with E-state index >= 15 is 0 Å². The number of nitrogens with two attached hydrogens (primary N) is 1. The first-order valence-electron chi connectivity index (χ1n) is 9.64. The van der Waals surface area contributed by atoms with Gasteiger partial charge in [-0.05, 0) is 73.5 Å². The van der Waals surface area contributed by atoms with Gasteiger partial charge in [0.05, 0.1) is 0 Å². The minimum Gasteiger partial charge on any atom is -0.416 e. The predicted molar refractivity (Wildman–Crippen MR) is 118 cm³/mol. The highest BCUT2D eigenvalue weighted by atomic mass is 16.4. The number of rotatable bonds is 5. The van der Waals surface area contributed by atoms with Crippen LogP contribution in [-0.2, 0) is 0 Å². The van der Waals surface area contributed by atoms with E-state index in [2.05, 4.69) is 15.5 Å². The van der Waals surface area contributed by atoms with Crippen LogP contribution in [0.15, 0.2) is 71.1 Å². The van der Waals surface area contributed by atoms with Crippen LogP contribution in [0.25, 0.3) is 22.9 Å². The van der Waals surface area contributed by atoms with Crippen molar-refractivity contribution < 1.29 is 14.0 Å². The fourth-order valence-electron chi connectivity index (χ4n) is 3.25. The summed E-state index contributed by atoms with van der Waals surface area (Å²) in [5.41, 5.74) is 10.1. The molecular weight excluding hydrogens is 392 g/mol. The van der Waals surface area contributed by atoms with Gasteiger partial charge in [0.25, 0.3) is 5.91 Å². The van der Waals surface area contributed by atoms with Crippen molar-refractivity contribution in [1.82, 2.24) is 10.2 Å². The molecule has 0 saturated heterocycles. The maximum atomic E-state index is 12.6. The van der Waals surface area contributed by atoms with Crippen LogP contribution in [-0.4, -0.2) is 22.0 Å². The van der Waals surface area contributed by atoms with Gasteiger partial charge in [0.1, 0.15) is 0 Å². The average molecular weight is 412 g/mol. The molecule has 0 atom stereocenters. The summed E-state index contributed by atoms with van der Waals surface area (Å²) in [6, 6.07) is 19.6. The van der Waals surface area contributed by atoms with Crippen LogP contribution in [0.3, 0.4) is 0 Å². The normalized spacial score (nSPS) is 10.6. The lowest BCUT2D eigenvalue weighted by Gasteiger charge is -2.08. The van der Waals surface area contributed by atoms with Gasteiger partial charge in [0.15, 0.2) is 0 Å². The average Bonchev–Trinajstić information content (AvgIpc) is 3.24. The van der Waals surface area contributed by atoms with E-state index in [1.54, 1.807) is 49.4 Å². The zero-order valence-electron chi connectivity index (χ0n) is 17.0. The first kappa shape index (κ1) is 20.0. The summed E-state index contributed by atoms with van der Waals surface area (Å²) in [6.45, 7) is 3.75. The minimum absolute atomic E-state index is 0.274. The highest BCUT2D eigenvalue weighted by molar-refractivity contribution is 6.05. The molecule has 7 heteroatoms. The quantitative estimate of drug-likeness (QED) is 0.506. The molecule has 4 aromatic rings. The summed E-state index contributed by atoms with van der Waals surface area (Å²) < 4.78 is 5.82. The second kappa shape index (κ2) is 8.23. The lowest BCUT2D eigenvalue weighted by atomic mass is 10.1. The van der Waals surface area contributed by atoms with Gasteiger partial charge in [-0.15, -0.1) is 10.2 Å². The van der Waals surface area contributed by atoms with Crippen molar-refractivity contribution in [3.05, 3.63) is 89.0 Å². The molecule has 0 aliphatic carbocycles. The molecule has 0 spiro atoms. The second-order valence-electron chi connectivity index (χ2n) is 7.15. The first-order valence-corrected chi connectivity index (χ1v) is 9.64. The maximum absolute atomic E-state index is 12.6. The van der Waals surface area contributed by atoms with Crippen molar-refractivity contribution >= 4 is 17.5 Å². The molecule has 154 valence electrons. The molecule has 7 nitrogen and oxygen atoms in total. The van der Waals surface area contributed by atoms with Crippen molar-refractivity contribution in [3.8, 4) is 22.9 Å². The van der Waals surface area contributed by atoms with Gasteiger partial charge < -0.3 is 15.5 Å². The monoisotopic (exact) mass is 412 g/mol. The number of anilines is 1. The molecular formula is C24H20N4O3. The lowest BCUT2D eigenvalue weighted by molar-refractivity contribution is 0.0997. The van der Waals surface area contributed by atoms with E-state index < -0.39 is 5.91 Å². The molecule has 3 aromatic carbocycles. The van der Waals surface area contributed by atoms with Crippen LogP contribution in [0.5, 0.6) is 0 Å². The Morgan fingerprint density at radius 2 is 1.58 bits per heavy atom. The van der Waals surface area contributed by atoms with Crippen LogP contribution >= 0.6 is 0 Å². The van der Waals surface area contributed by atoms with Crippen molar-refractivity contribution in [1.29, 1.82) is 0 Å². The van der Waals surface area contributed by atoms with Gasteiger partial charge >= 0.3 is 0 Å². The summed E-state index contributed by atoms with van der Waals surface area (Å²) in [7, 11) is 0. The van der Waals surface area contributed by atoms with Crippen LogP contribution < -0.4 is 11.1 Å². The number of amides is 2. The van der Waals surface area contributed by atoms with Gasteiger partial charge in [-0.2, -0.15) is 0 Å². The third-order valence-corrected chi connectivity index (χ3v) is 4.94. The van der Waals surface area contributed by atoms with Gasteiger partial charge in [-0.3, -0.25) is 9.59 Å². The highest BCUT2D eigenvalue weighted by Gasteiger charge is 2.14. The molecule has 1 heterocycles. The van der Waals surface area contributed by atoms with E-state index in [0.29, 0.717) is 39.7 Å². The zero-order chi connectivity index (χ0) is 22.0. The van der Waals surface area contributed by atoms with Gasteiger partial charge in [-0.25, -0.2) is 0 Å². The molecule has 4 rings (SSSR count). The lowest BCUT2D eigenvalue weighted by Crippen LogP contribution is -2.14. The van der Waals surface area contributed by atoms with E-state index in [-0.39, 0.29) is 5.91 Å². The fraction of sp³-hybridized carbons (Fsp3) is 0.0833. The number of aryl methyl sites for hydroxylation is 2. The number of aromatic nitrogens is 2. The van der Waals surface area contributed by atoms with Crippen LogP contribution in [0, 0.1) is 13.8 Å². The standard InChI is InChI=1S/C24H20N4O3/c1-14-5-3-4-6-20(14)24-28-27-23(31-24)17-9-7-16(8-10-17)22(30)26-18-11-12-19(21(25)29)15(2)13-18/h3-13H,1-2H3,(H2,25,29)(H,26,30). The summed E-state index contributed by atoms with van der Waals surface area (Å²) in [5.74, 6) is 0.0500. The number of nitrogens with one attached hydrogen (secondary N) is 1. The number of hydrogen-bond acceptors (Lipinski definition) is 5. The molecule has 0 radical (unpaired) electrons. The number of benzene rings is 3. The topological polar surface area (TPSA) is 111 Å². The van der Waals surface area contributed by atoms with E-state index in [0.717, 1.165) is 11.1 Å². The molecule has 0 aliphatic rings. The molecule has 0 bridgehead atoms. The molecule has 0 unspecified atom stereocenters. The second-order valence-corrected chi connectivity index (χ2v) is 7.15. The largest absolute Gasteiger partial charge is 0.416 e. The molecule has 0 saturated carbocycles. The molecule has 2 amide bonds. The molecule has 0 fully saturated rings. The van der Waals surface area contributed by atoms with E-state index in [4.69, 9.17) is 10.2 Å². The number of nitrogens with zero attached hydrogens (tertiary/aromatic N) is 2. The summed E-state index contributed by atoms with van der Waals surface area (Å²) in [5, 5.41) is 11.1. The fourth-order valence-corrected chi connectivity index (χ4v) is 3.25. The number of primary amides is 1. The maximum Gasteiger partial charge on any atom is 0.255 e. The SMILES string of the molecule is Cc1cc(NC(=O)c2ccc(-c3nnc(-c4ccccc4C)o3)cc2)ccc1C(N)=O. The van der Waals surface area contributed by atoms with E-state index in [1.807, 2.05) is 31.2 Å². The van der Waals surface area contributed by atoms with Gasteiger partial charge in [-0.1, -0.05) is 18.2 Å². The summed E-state index contributed by atoms with van der Waals surface area (Å²) in [4.78, 5) is 23.9. The Morgan fingerprint density at radius 1 is 0.871 bits per heavy atom. The molecule has 0 aliphatic heterocycles. The predicted octanol–water partition coefficient (Wildman–Crippen LogP) is 4.37. The van der Waals surface area contributed by atoms with Crippen molar-refractivity contribution in [2.45, 2.75) is 13.8 Å². The number of carbonyl (C=O) groups excluding carboxylic acids is 2. The number of carbonyl (C=O) groups is 2. The van der Waals surface area contributed by atoms with Gasteiger partial charge in [0, 0.05) is 27.9 Å². The molecule has 1 aromatic heterocycles. The van der Waals surface area contributed by atoms with Crippen molar-refractivity contribution in [3.63, 3.8) is 0 Å². The summed E-state index contributed by atoms with van der Waals surface area (Å²) in [6.07, 6.45) is 0. The smallest absolute Gasteiger partial charge is 0.255 e. The summed E-state index contributed by atoms with van der Waals surface area (Å²) >= 11 is 0. The Morgan fingerprint density at radius 3 is 2.26 bits per heavy atom. The van der Waals surface area contributed by atoms with Gasteiger partial charge in [0.2, 0.25) is 17.7 Å². The Balaban J connectivity index is 1.50. The van der Waals surface area contributed by atoms with E-state index in [9.17, 15) is 9.59 Å². The molecule has 3 N–H and O–H groups in total. The molecule has 31 heavy (non-hydrogen) atoms. The number of hydrogen-bond donors (Lipinski definition) is 2. The Bertz CT molecular complexity index is 1280. The van der Waals surface area contributed by atoms with E-state index in [1.165, 1.54) is 0 Å². The Labute approximate surface area is 178 Å². The third-order valence-electron chi connectivity index (χ3n) is 4.94. The van der Waals surface area contributed by atoms with Crippen LogP contribution in [0.2, 0.25) is 0 Å². The minimum atomic E-state index is -0.502. The Hall–Kier alpha value is -4.26. The first-order chi connectivity index (χ1) is 14.9. The highest BCUT2D eigenvalue weighted by Crippen LogP contribution is 2.26. The Kier molecular flexibility index (Phi) is 5.32. The van der Waals surface area contributed by atoms with Crippen LogP contribution in [0.1, 0.15) is 31.8 Å². The van der Waals surface area contributed by atoms with Crippen molar-refractivity contribution in [2.24, 2.45) is 5.73 Å². The zero-order valence-corrected chi connectivity index (χ0v) is 17.0. The third kappa shape index (κ3) is 4.20. The van der Waals surface area contributed by atoms with Crippen molar-refractivity contribution in [2.75, 3.05) is 5.32 Å². The van der Waals surface area contributed by atoms with Crippen LogP contribution in [0.4, 0.5) is 5.69 Å².